The lowest BCUT2D eigenvalue weighted by atomic mass is 10.1. The van der Waals surface area contributed by atoms with E-state index < -0.39 is 0 Å². The molecule has 0 aliphatic heterocycles. The molecule has 1 atom stereocenters. The fourth-order valence-electron chi connectivity index (χ4n) is 1.41. The van der Waals surface area contributed by atoms with Crippen LogP contribution < -0.4 is 16.0 Å². The normalized spacial score (nSPS) is 12.9. The molecule has 0 rings (SSSR count). The first-order valence-electron chi connectivity index (χ1n) is 6.55. The lowest BCUT2D eigenvalue weighted by Gasteiger charge is -2.20. The quantitative estimate of drug-likeness (QED) is 0.627. The Morgan fingerprint density at radius 3 is 2.33 bits per heavy atom. The molecule has 5 nitrogen and oxygen atoms in total. The van der Waals surface area contributed by atoms with Gasteiger partial charge < -0.3 is 16.0 Å². The fourth-order valence-corrected chi connectivity index (χ4v) is 1.41. The van der Waals surface area contributed by atoms with Gasteiger partial charge in [-0.05, 0) is 27.3 Å². The van der Waals surface area contributed by atoms with Gasteiger partial charge in [-0.3, -0.25) is 9.59 Å². The Labute approximate surface area is 110 Å². The SMILES string of the molecule is CCNCC(C)C(=O)NCCC(=O)NC(C)(C)C. The summed E-state index contributed by atoms with van der Waals surface area (Å²) < 4.78 is 0. The summed E-state index contributed by atoms with van der Waals surface area (Å²) in [5.74, 6) is -0.128. The predicted octanol–water partition coefficient (Wildman–Crippen LogP) is 0.653. The molecule has 0 bridgehead atoms. The van der Waals surface area contributed by atoms with Gasteiger partial charge in [0, 0.05) is 31.0 Å². The van der Waals surface area contributed by atoms with Crippen LogP contribution in [0.2, 0.25) is 0 Å². The topological polar surface area (TPSA) is 70.2 Å². The Morgan fingerprint density at radius 1 is 1.22 bits per heavy atom. The lowest BCUT2D eigenvalue weighted by molar-refractivity contribution is -0.125. The van der Waals surface area contributed by atoms with Crippen molar-refractivity contribution in [3.05, 3.63) is 0 Å². The highest BCUT2D eigenvalue weighted by Crippen LogP contribution is 1.99. The second-order valence-corrected chi connectivity index (χ2v) is 5.55. The summed E-state index contributed by atoms with van der Waals surface area (Å²) in [7, 11) is 0. The van der Waals surface area contributed by atoms with Crippen LogP contribution in [0.5, 0.6) is 0 Å². The summed E-state index contributed by atoms with van der Waals surface area (Å²) in [5, 5.41) is 8.74. The maximum absolute atomic E-state index is 11.6. The molecule has 0 aliphatic rings. The Bertz CT molecular complexity index is 272. The minimum atomic E-state index is -0.223. The van der Waals surface area contributed by atoms with Crippen molar-refractivity contribution in [3.8, 4) is 0 Å². The van der Waals surface area contributed by atoms with E-state index in [1.54, 1.807) is 0 Å². The van der Waals surface area contributed by atoms with Crippen molar-refractivity contribution in [2.75, 3.05) is 19.6 Å². The molecule has 0 fully saturated rings. The Morgan fingerprint density at radius 2 is 1.83 bits per heavy atom. The summed E-state index contributed by atoms with van der Waals surface area (Å²) >= 11 is 0. The number of carbonyl (C=O) groups excluding carboxylic acids is 2. The van der Waals surface area contributed by atoms with E-state index in [1.165, 1.54) is 0 Å². The van der Waals surface area contributed by atoms with Gasteiger partial charge in [0.2, 0.25) is 11.8 Å². The molecule has 0 spiro atoms. The molecule has 3 N–H and O–H groups in total. The van der Waals surface area contributed by atoms with Crippen molar-refractivity contribution in [2.45, 2.75) is 46.6 Å². The molecule has 0 aromatic carbocycles. The standard InChI is InChI=1S/C13H27N3O2/c1-6-14-9-10(2)12(18)15-8-7-11(17)16-13(3,4)5/h10,14H,6-9H2,1-5H3,(H,15,18)(H,16,17). The largest absolute Gasteiger partial charge is 0.355 e. The molecule has 0 saturated carbocycles. The van der Waals surface area contributed by atoms with Gasteiger partial charge in [-0.1, -0.05) is 13.8 Å². The number of carbonyl (C=O) groups is 2. The summed E-state index contributed by atoms with van der Waals surface area (Å²) in [5.41, 5.74) is -0.223. The minimum Gasteiger partial charge on any atom is -0.355 e. The lowest BCUT2D eigenvalue weighted by Crippen LogP contribution is -2.42. The van der Waals surface area contributed by atoms with Gasteiger partial charge in [0.15, 0.2) is 0 Å². The van der Waals surface area contributed by atoms with Crippen LogP contribution in [0.15, 0.2) is 0 Å². The van der Waals surface area contributed by atoms with Crippen LogP contribution in [0.25, 0.3) is 0 Å². The Balaban J connectivity index is 3.77. The summed E-state index contributed by atoms with van der Waals surface area (Å²) in [6.07, 6.45) is 0.316. The van der Waals surface area contributed by atoms with Crippen LogP contribution in [0.1, 0.15) is 41.0 Å². The van der Waals surface area contributed by atoms with E-state index in [0.717, 1.165) is 6.54 Å². The van der Waals surface area contributed by atoms with Gasteiger partial charge in [0.05, 0.1) is 0 Å². The van der Waals surface area contributed by atoms with Crippen molar-refractivity contribution >= 4 is 11.8 Å². The molecule has 0 heterocycles. The average molecular weight is 257 g/mol. The average Bonchev–Trinajstić information content (AvgIpc) is 2.23. The Kier molecular flexibility index (Phi) is 7.59. The molecule has 106 valence electrons. The number of amides is 2. The van der Waals surface area contributed by atoms with E-state index in [4.69, 9.17) is 0 Å². The van der Waals surface area contributed by atoms with Crippen molar-refractivity contribution in [1.82, 2.24) is 16.0 Å². The second kappa shape index (κ2) is 8.08. The van der Waals surface area contributed by atoms with Crippen LogP contribution >= 0.6 is 0 Å². The number of hydrogen-bond donors (Lipinski definition) is 3. The number of nitrogens with one attached hydrogen (secondary N) is 3. The molecular formula is C13H27N3O2. The van der Waals surface area contributed by atoms with Gasteiger partial charge in [-0.25, -0.2) is 0 Å². The number of rotatable bonds is 7. The zero-order valence-corrected chi connectivity index (χ0v) is 12.2. The van der Waals surface area contributed by atoms with Crippen LogP contribution in [0.3, 0.4) is 0 Å². The van der Waals surface area contributed by atoms with E-state index in [2.05, 4.69) is 16.0 Å². The Hall–Kier alpha value is -1.10. The van der Waals surface area contributed by atoms with Gasteiger partial charge in [0.1, 0.15) is 0 Å². The van der Waals surface area contributed by atoms with Crippen LogP contribution in [0.4, 0.5) is 0 Å². The van der Waals surface area contributed by atoms with E-state index in [9.17, 15) is 9.59 Å². The summed E-state index contributed by atoms with van der Waals surface area (Å²) in [6, 6.07) is 0. The highest BCUT2D eigenvalue weighted by atomic mass is 16.2. The maximum Gasteiger partial charge on any atom is 0.224 e. The van der Waals surface area contributed by atoms with Crippen LogP contribution in [-0.2, 0) is 9.59 Å². The third-order valence-electron chi connectivity index (χ3n) is 2.31. The molecule has 0 saturated heterocycles. The van der Waals surface area contributed by atoms with Gasteiger partial charge >= 0.3 is 0 Å². The van der Waals surface area contributed by atoms with Crippen LogP contribution in [-0.4, -0.2) is 37.0 Å². The van der Waals surface area contributed by atoms with Crippen LogP contribution in [0, 0.1) is 5.92 Å². The van der Waals surface area contributed by atoms with E-state index in [1.807, 2.05) is 34.6 Å². The summed E-state index contributed by atoms with van der Waals surface area (Å²) in [6.45, 7) is 11.6. The second-order valence-electron chi connectivity index (χ2n) is 5.55. The molecule has 1 unspecified atom stereocenters. The molecule has 0 aromatic heterocycles. The smallest absolute Gasteiger partial charge is 0.224 e. The van der Waals surface area contributed by atoms with E-state index in [-0.39, 0.29) is 23.3 Å². The highest BCUT2D eigenvalue weighted by molar-refractivity contribution is 5.80. The third-order valence-corrected chi connectivity index (χ3v) is 2.31. The van der Waals surface area contributed by atoms with Gasteiger partial charge in [0.25, 0.3) is 0 Å². The molecule has 0 aliphatic carbocycles. The van der Waals surface area contributed by atoms with E-state index in [0.29, 0.717) is 19.5 Å². The summed E-state index contributed by atoms with van der Waals surface area (Å²) in [4.78, 5) is 23.1. The van der Waals surface area contributed by atoms with Gasteiger partial charge in [-0.2, -0.15) is 0 Å². The molecule has 2 amide bonds. The molecule has 5 heteroatoms. The first-order valence-corrected chi connectivity index (χ1v) is 6.55. The molecular weight excluding hydrogens is 230 g/mol. The fraction of sp³-hybridized carbons (Fsp3) is 0.846. The zero-order valence-electron chi connectivity index (χ0n) is 12.2. The van der Waals surface area contributed by atoms with Gasteiger partial charge in [-0.15, -0.1) is 0 Å². The molecule has 0 aromatic rings. The van der Waals surface area contributed by atoms with Crippen molar-refractivity contribution in [1.29, 1.82) is 0 Å². The first kappa shape index (κ1) is 16.9. The maximum atomic E-state index is 11.6. The molecule has 18 heavy (non-hydrogen) atoms. The number of hydrogen-bond acceptors (Lipinski definition) is 3. The van der Waals surface area contributed by atoms with E-state index >= 15 is 0 Å². The van der Waals surface area contributed by atoms with Crippen molar-refractivity contribution in [3.63, 3.8) is 0 Å². The minimum absolute atomic E-state index is 0.0143. The molecule has 0 radical (unpaired) electrons. The first-order chi connectivity index (χ1) is 8.26. The highest BCUT2D eigenvalue weighted by Gasteiger charge is 2.15. The third kappa shape index (κ3) is 8.98. The van der Waals surface area contributed by atoms with Crippen molar-refractivity contribution < 1.29 is 9.59 Å². The monoisotopic (exact) mass is 257 g/mol. The zero-order chi connectivity index (χ0) is 14.2. The van der Waals surface area contributed by atoms with Crippen molar-refractivity contribution in [2.24, 2.45) is 5.92 Å². The predicted molar refractivity (Wildman–Crippen MR) is 73.2 cm³/mol.